The Bertz CT molecular complexity index is 483. The van der Waals surface area contributed by atoms with Crippen molar-refractivity contribution in [2.24, 2.45) is 17.8 Å². The van der Waals surface area contributed by atoms with Crippen LogP contribution in [0.15, 0.2) is 12.1 Å². The van der Waals surface area contributed by atoms with E-state index in [9.17, 15) is 8.78 Å². The van der Waals surface area contributed by atoms with Crippen molar-refractivity contribution in [2.45, 2.75) is 71.1 Å². The lowest BCUT2D eigenvalue weighted by Crippen LogP contribution is -2.24. The topological polar surface area (TPSA) is 0 Å². The van der Waals surface area contributed by atoms with Gasteiger partial charge in [-0.25, -0.2) is 8.78 Å². The summed E-state index contributed by atoms with van der Waals surface area (Å²) in [6.45, 7) is 4.04. The Morgan fingerprint density at radius 2 is 1.36 bits per heavy atom. The Labute approximate surface area is 133 Å². The summed E-state index contributed by atoms with van der Waals surface area (Å²) < 4.78 is 27.1. The van der Waals surface area contributed by atoms with Crippen molar-refractivity contribution in [3.05, 3.63) is 34.9 Å². The molecule has 2 aliphatic rings. The van der Waals surface area contributed by atoms with Gasteiger partial charge in [0.2, 0.25) is 0 Å². The number of hydrogen-bond acceptors (Lipinski definition) is 0. The van der Waals surface area contributed by atoms with Crippen molar-refractivity contribution >= 4 is 0 Å². The van der Waals surface area contributed by atoms with Crippen molar-refractivity contribution in [3.63, 3.8) is 0 Å². The highest BCUT2D eigenvalue weighted by molar-refractivity contribution is 5.28. The van der Waals surface area contributed by atoms with Gasteiger partial charge < -0.3 is 0 Å². The second-order valence-corrected chi connectivity index (χ2v) is 7.77. The first-order valence-corrected chi connectivity index (χ1v) is 9.00. The molecule has 0 N–H and O–H groups in total. The van der Waals surface area contributed by atoms with E-state index in [1.807, 2.05) is 6.07 Å². The average Bonchev–Trinajstić information content (AvgIpc) is 2.53. The van der Waals surface area contributed by atoms with Crippen LogP contribution in [0.4, 0.5) is 8.78 Å². The van der Waals surface area contributed by atoms with E-state index in [2.05, 4.69) is 6.92 Å². The summed E-state index contributed by atoms with van der Waals surface area (Å²) in [5.41, 5.74) is 1.45. The molecular weight excluding hydrogens is 278 g/mol. The molecule has 1 aromatic rings. The molecule has 0 nitrogen and oxygen atoms in total. The summed E-state index contributed by atoms with van der Waals surface area (Å²) in [7, 11) is 0. The minimum absolute atomic E-state index is 0.424. The van der Waals surface area contributed by atoms with Crippen molar-refractivity contribution in [1.29, 1.82) is 0 Å². The van der Waals surface area contributed by atoms with Crippen molar-refractivity contribution in [2.75, 3.05) is 0 Å². The molecule has 3 rings (SSSR count). The largest absolute Gasteiger partial charge is 0.204 e. The van der Waals surface area contributed by atoms with E-state index in [1.54, 1.807) is 6.92 Å². The van der Waals surface area contributed by atoms with Crippen LogP contribution in [0.2, 0.25) is 0 Å². The van der Waals surface area contributed by atoms with E-state index in [4.69, 9.17) is 0 Å². The number of halogens is 2. The predicted molar refractivity (Wildman–Crippen MR) is 86.9 cm³/mol. The molecule has 22 heavy (non-hydrogen) atoms. The van der Waals surface area contributed by atoms with Gasteiger partial charge in [0.25, 0.3) is 0 Å². The van der Waals surface area contributed by atoms with Gasteiger partial charge in [-0.2, -0.15) is 0 Å². The van der Waals surface area contributed by atoms with E-state index in [0.717, 1.165) is 36.2 Å². The fraction of sp³-hybridized carbons (Fsp3) is 0.700. The molecule has 2 aliphatic carbocycles. The summed E-state index contributed by atoms with van der Waals surface area (Å²) in [4.78, 5) is 0. The second kappa shape index (κ2) is 6.68. The minimum Gasteiger partial charge on any atom is -0.204 e. The fourth-order valence-electron chi connectivity index (χ4n) is 4.67. The summed E-state index contributed by atoms with van der Waals surface area (Å²) in [6.07, 6.45) is 10.4. The summed E-state index contributed by atoms with van der Waals surface area (Å²) in [5, 5.41) is 0. The van der Waals surface area contributed by atoms with Crippen LogP contribution >= 0.6 is 0 Å². The maximum atomic E-state index is 13.6. The first-order valence-electron chi connectivity index (χ1n) is 9.00. The van der Waals surface area contributed by atoms with Crippen LogP contribution in [0.5, 0.6) is 0 Å². The fourth-order valence-corrected chi connectivity index (χ4v) is 4.67. The molecule has 0 amide bonds. The van der Waals surface area contributed by atoms with Crippen LogP contribution < -0.4 is 0 Å². The van der Waals surface area contributed by atoms with Gasteiger partial charge in [-0.1, -0.05) is 25.8 Å². The SMILES string of the molecule is Cc1cc(C2CCC(C3CCC(C)CC3)CC2)cc(F)c1F. The maximum Gasteiger partial charge on any atom is 0.161 e. The number of hydrogen-bond donors (Lipinski definition) is 0. The summed E-state index contributed by atoms with van der Waals surface area (Å²) in [6, 6.07) is 3.28. The van der Waals surface area contributed by atoms with E-state index < -0.39 is 11.6 Å². The van der Waals surface area contributed by atoms with E-state index in [1.165, 1.54) is 44.6 Å². The van der Waals surface area contributed by atoms with E-state index >= 15 is 0 Å². The van der Waals surface area contributed by atoms with Crippen LogP contribution in [0.25, 0.3) is 0 Å². The van der Waals surface area contributed by atoms with Crippen LogP contribution in [0, 0.1) is 36.3 Å². The molecule has 1 aromatic carbocycles. The molecule has 2 fully saturated rings. The molecule has 0 heterocycles. The maximum absolute atomic E-state index is 13.6. The molecule has 0 bridgehead atoms. The lowest BCUT2D eigenvalue weighted by atomic mass is 9.68. The quantitative estimate of drug-likeness (QED) is 0.595. The van der Waals surface area contributed by atoms with Crippen molar-refractivity contribution in [3.8, 4) is 0 Å². The second-order valence-electron chi connectivity index (χ2n) is 7.77. The number of rotatable bonds is 2. The molecule has 0 aliphatic heterocycles. The molecular formula is C20H28F2. The molecule has 0 spiro atoms. The van der Waals surface area contributed by atoms with Gasteiger partial charge in [0, 0.05) is 0 Å². The highest BCUT2D eigenvalue weighted by Crippen LogP contribution is 2.44. The Morgan fingerprint density at radius 3 is 1.91 bits per heavy atom. The third-order valence-corrected chi connectivity index (χ3v) is 6.20. The van der Waals surface area contributed by atoms with Gasteiger partial charge >= 0.3 is 0 Å². The molecule has 0 aromatic heterocycles. The Hall–Kier alpha value is -0.920. The zero-order valence-electron chi connectivity index (χ0n) is 13.9. The zero-order chi connectivity index (χ0) is 15.7. The van der Waals surface area contributed by atoms with Gasteiger partial charge in [0.15, 0.2) is 11.6 Å². The molecule has 2 heteroatoms. The van der Waals surface area contributed by atoms with Crippen molar-refractivity contribution < 1.29 is 8.78 Å². The van der Waals surface area contributed by atoms with E-state index in [0.29, 0.717) is 11.5 Å². The van der Waals surface area contributed by atoms with Gasteiger partial charge in [-0.05, 0) is 86.3 Å². The Balaban J connectivity index is 1.60. The predicted octanol–water partition coefficient (Wildman–Crippen LogP) is 6.37. The Kier molecular flexibility index (Phi) is 4.84. The van der Waals surface area contributed by atoms with Gasteiger partial charge in [0.1, 0.15) is 0 Å². The highest BCUT2D eigenvalue weighted by atomic mass is 19.2. The molecule has 2 saturated carbocycles. The lowest BCUT2D eigenvalue weighted by molar-refractivity contribution is 0.165. The van der Waals surface area contributed by atoms with Crippen LogP contribution in [-0.4, -0.2) is 0 Å². The third kappa shape index (κ3) is 3.36. The normalized spacial score (nSPS) is 32.9. The van der Waals surface area contributed by atoms with Crippen LogP contribution in [-0.2, 0) is 0 Å². The van der Waals surface area contributed by atoms with Gasteiger partial charge in [0.05, 0.1) is 0 Å². The zero-order valence-corrected chi connectivity index (χ0v) is 13.9. The molecule has 0 atom stereocenters. The summed E-state index contributed by atoms with van der Waals surface area (Å²) >= 11 is 0. The standard InChI is InChI=1S/C20H28F2/c1-13-3-5-15(6-4-13)16-7-9-17(10-8-16)18-11-14(2)20(22)19(21)12-18/h11-13,15-17H,3-10H2,1-2H3. The Morgan fingerprint density at radius 1 is 0.818 bits per heavy atom. The monoisotopic (exact) mass is 306 g/mol. The smallest absolute Gasteiger partial charge is 0.161 e. The average molecular weight is 306 g/mol. The first kappa shape index (κ1) is 16.0. The number of benzene rings is 1. The minimum atomic E-state index is -0.686. The molecule has 0 saturated heterocycles. The van der Waals surface area contributed by atoms with Crippen LogP contribution in [0.3, 0.4) is 0 Å². The molecule has 0 unspecified atom stereocenters. The van der Waals surface area contributed by atoms with Crippen LogP contribution in [0.1, 0.15) is 75.3 Å². The van der Waals surface area contributed by atoms with Gasteiger partial charge in [-0.15, -0.1) is 0 Å². The number of aryl methyl sites for hydroxylation is 1. The first-order chi connectivity index (χ1) is 10.5. The highest BCUT2D eigenvalue weighted by Gasteiger charge is 2.30. The van der Waals surface area contributed by atoms with Gasteiger partial charge in [-0.3, -0.25) is 0 Å². The lowest BCUT2D eigenvalue weighted by Gasteiger charge is -2.37. The van der Waals surface area contributed by atoms with Crippen molar-refractivity contribution in [1.82, 2.24) is 0 Å². The molecule has 122 valence electrons. The summed E-state index contributed by atoms with van der Waals surface area (Å²) in [5.74, 6) is 1.76. The molecule has 0 radical (unpaired) electrons. The van der Waals surface area contributed by atoms with E-state index in [-0.39, 0.29) is 0 Å². The third-order valence-electron chi connectivity index (χ3n) is 6.20.